The van der Waals surface area contributed by atoms with Gasteiger partial charge in [-0.15, -0.1) is 5.10 Å². The van der Waals surface area contributed by atoms with Crippen molar-refractivity contribution in [2.45, 2.75) is 27.2 Å². The van der Waals surface area contributed by atoms with Crippen molar-refractivity contribution in [1.29, 1.82) is 0 Å². The summed E-state index contributed by atoms with van der Waals surface area (Å²) in [6.07, 6.45) is 0.467. The predicted octanol–water partition coefficient (Wildman–Crippen LogP) is 0.686. The van der Waals surface area contributed by atoms with Crippen LogP contribution in [0.3, 0.4) is 0 Å². The molecule has 2 heterocycles. The Morgan fingerprint density at radius 1 is 1.47 bits per heavy atom. The molecular weight excluding hydrogens is 248 g/mol. The Morgan fingerprint density at radius 3 is 2.58 bits per heavy atom. The standard InChI is InChI=1S/C12H18N4O3/c1-7(2)12(11(18)19)4-5-16(6-12)10(17)9-13-8(3)14-15-9/h7H,4-6H2,1-3H3,(H,18,19)(H,13,14,15). The van der Waals surface area contributed by atoms with E-state index in [1.807, 2.05) is 13.8 Å². The Labute approximate surface area is 111 Å². The van der Waals surface area contributed by atoms with E-state index in [9.17, 15) is 14.7 Å². The SMILES string of the molecule is Cc1nc(C(=O)N2CCC(C(=O)O)(C(C)C)C2)n[nH]1. The van der Waals surface area contributed by atoms with Crippen LogP contribution in [0.4, 0.5) is 0 Å². The number of aliphatic carboxylic acids is 1. The fourth-order valence-corrected chi connectivity index (χ4v) is 2.48. The van der Waals surface area contributed by atoms with E-state index in [1.165, 1.54) is 4.90 Å². The minimum absolute atomic E-state index is 0.0309. The van der Waals surface area contributed by atoms with Crippen LogP contribution in [-0.4, -0.2) is 50.2 Å². The lowest BCUT2D eigenvalue weighted by Gasteiger charge is -2.28. The molecule has 104 valence electrons. The lowest BCUT2D eigenvalue weighted by Crippen LogP contribution is -2.40. The van der Waals surface area contributed by atoms with Crippen LogP contribution in [0.2, 0.25) is 0 Å². The number of aromatic nitrogens is 3. The zero-order chi connectivity index (χ0) is 14.2. The molecule has 1 aromatic rings. The third-order valence-corrected chi connectivity index (χ3v) is 3.91. The van der Waals surface area contributed by atoms with Gasteiger partial charge >= 0.3 is 5.97 Å². The van der Waals surface area contributed by atoms with Gasteiger partial charge in [-0.2, -0.15) is 0 Å². The summed E-state index contributed by atoms with van der Waals surface area (Å²) in [5.74, 6) is -0.521. The van der Waals surface area contributed by atoms with E-state index in [2.05, 4.69) is 15.2 Å². The van der Waals surface area contributed by atoms with Crippen molar-refractivity contribution in [1.82, 2.24) is 20.1 Å². The summed E-state index contributed by atoms with van der Waals surface area (Å²) in [6.45, 7) is 6.10. The molecule has 1 aliphatic rings. The highest BCUT2D eigenvalue weighted by Gasteiger charge is 2.48. The maximum atomic E-state index is 12.2. The van der Waals surface area contributed by atoms with Gasteiger partial charge in [-0.1, -0.05) is 13.8 Å². The fourth-order valence-electron chi connectivity index (χ4n) is 2.48. The van der Waals surface area contributed by atoms with Crippen molar-refractivity contribution < 1.29 is 14.7 Å². The van der Waals surface area contributed by atoms with Crippen LogP contribution < -0.4 is 0 Å². The molecule has 1 aromatic heterocycles. The highest BCUT2D eigenvalue weighted by Crippen LogP contribution is 2.38. The average Bonchev–Trinajstić information content (AvgIpc) is 2.94. The molecule has 0 radical (unpaired) electrons. The van der Waals surface area contributed by atoms with Crippen molar-refractivity contribution in [3.8, 4) is 0 Å². The lowest BCUT2D eigenvalue weighted by atomic mass is 9.76. The Morgan fingerprint density at radius 2 is 2.16 bits per heavy atom. The second kappa shape index (κ2) is 4.64. The Balaban J connectivity index is 2.18. The largest absolute Gasteiger partial charge is 0.481 e. The molecule has 2 N–H and O–H groups in total. The Kier molecular flexibility index (Phi) is 3.30. The normalized spacial score (nSPS) is 23.1. The maximum Gasteiger partial charge on any atom is 0.311 e. The number of nitrogens with one attached hydrogen (secondary N) is 1. The molecule has 7 nitrogen and oxygen atoms in total. The summed E-state index contributed by atoms with van der Waals surface area (Å²) in [5.41, 5.74) is -0.860. The number of carboxylic acids is 1. The second-order valence-corrected chi connectivity index (χ2v) is 5.34. The van der Waals surface area contributed by atoms with Gasteiger partial charge in [0, 0.05) is 13.1 Å². The first-order chi connectivity index (χ1) is 8.86. The molecular formula is C12H18N4O3. The number of amides is 1. The molecule has 0 spiro atoms. The predicted molar refractivity (Wildman–Crippen MR) is 66.5 cm³/mol. The van der Waals surface area contributed by atoms with Crippen molar-refractivity contribution in [3.05, 3.63) is 11.6 Å². The number of H-pyrrole nitrogens is 1. The number of carbonyl (C=O) groups is 2. The highest BCUT2D eigenvalue weighted by atomic mass is 16.4. The molecule has 2 rings (SSSR count). The van der Waals surface area contributed by atoms with Gasteiger partial charge in [-0.3, -0.25) is 14.7 Å². The fraction of sp³-hybridized carbons (Fsp3) is 0.667. The van der Waals surface area contributed by atoms with E-state index in [0.717, 1.165) is 0 Å². The smallest absolute Gasteiger partial charge is 0.311 e. The quantitative estimate of drug-likeness (QED) is 0.838. The lowest BCUT2D eigenvalue weighted by molar-refractivity contribution is -0.150. The molecule has 0 aromatic carbocycles. The maximum absolute atomic E-state index is 12.2. The van der Waals surface area contributed by atoms with Crippen LogP contribution >= 0.6 is 0 Å². The number of aromatic amines is 1. The van der Waals surface area contributed by atoms with Crippen LogP contribution in [0.5, 0.6) is 0 Å². The third kappa shape index (κ3) is 2.20. The summed E-state index contributed by atoms with van der Waals surface area (Å²) >= 11 is 0. The van der Waals surface area contributed by atoms with E-state index in [1.54, 1.807) is 6.92 Å². The van der Waals surface area contributed by atoms with Crippen LogP contribution in [0.15, 0.2) is 0 Å². The molecule has 1 saturated heterocycles. The topological polar surface area (TPSA) is 99.2 Å². The first kappa shape index (κ1) is 13.5. The van der Waals surface area contributed by atoms with Gasteiger partial charge in [0.2, 0.25) is 5.82 Å². The van der Waals surface area contributed by atoms with Gasteiger partial charge in [0.05, 0.1) is 5.41 Å². The van der Waals surface area contributed by atoms with Gasteiger partial charge < -0.3 is 10.0 Å². The molecule has 1 atom stereocenters. The van der Waals surface area contributed by atoms with Crippen molar-refractivity contribution in [2.24, 2.45) is 11.3 Å². The summed E-state index contributed by atoms with van der Waals surface area (Å²) < 4.78 is 0. The molecule has 0 saturated carbocycles. The number of carbonyl (C=O) groups excluding carboxylic acids is 1. The molecule has 1 amide bonds. The highest BCUT2D eigenvalue weighted by molar-refractivity contribution is 5.91. The van der Waals surface area contributed by atoms with E-state index in [-0.39, 0.29) is 24.2 Å². The van der Waals surface area contributed by atoms with Gasteiger partial charge in [-0.05, 0) is 19.3 Å². The summed E-state index contributed by atoms with van der Waals surface area (Å²) in [6, 6.07) is 0. The number of aryl methyl sites for hydroxylation is 1. The minimum Gasteiger partial charge on any atom is -0.481 e. The Bertz CT molecular complexity index is 511. The van der Waals surface area contributed by atoms with Gasteiger partial charge in [0.25, 0.3) is 5.91 Å². The van der Waals surface area contributed by atoms with Gasteiger partial charge in [0.1, 0.15) is 5.82 Å². The van der Waals surface area contributed by atoms with Crippen LogP contribution in [0, 0.1) is 18.3 Å². The van der Waals surface area contributed by atoms with Crippen molar-refractivity contribution in [3.63, 3.8) is 0 Å². The van der Waals surface area contributed by atoms with E-state index < -0.39 is 11.4 Å². The monoisotopic (exact) mass is 266 g/mol. The first-order valence-electron chi connectivity index (χ1n) is 6.28. The summed E-state index contributed by atoms with van der Waals surface area (Å²) in [4.78, 5) is 29.2. The minimum atomic E-state index is -0.860. The van der Waals surface area contributed by atoms with Gasteiger partial charge in [0.15, 0.2) is 0 Å². The molecule has 0 bridgehead atoms. The van der Waals surface area contributed by atoms with Crippen molar-refractivity contribution >= 4 is 11.9 Å². The number of rotatable bonds is 3. The second-order valence-electron chi connectivity index (χ2n) is 5.34. The Hall–Kier alpha value is -1.92. The van der Waals surface area contributed by atoms with Gasteiger partial charge in [-0.25, -0.2) is 4.98 Å². The number of hydrogen-bond donors (Lipinski definition) is 2. The molecule has 1 unspecified atom stereocenters. The number of carboxylic acid groups (broad SMARTS) is 1. The number of likely N-dealkylation sites (tertiary alicyclic amines) is 1. The zero-order valence-electron chi connectivity index (χ0n) is 11.3. The summed E-state index contributed by atoms with van der Waals surface area (Å²) in [7, 11) is 0. The molecule has 7 heteroatoms. The first-order valence-corrected chi connectivity index (χ1v) is 6.28. The molecule has 1 fully saturated rings. The summed E-state index contributed by atoms with van der Waals surface area (Å²) in [5, 5.41) is 15.9. The molecule has 1 aliphatic heterocycles. The average molecular weight is 266 g/mol. The van der Waals surface area contributed by atoms with E-state index >= 15 is 0 Å². The van der Waals surface area contributed by atoms with E-state index in [0.29, 0.717) is 18.8 Å². The molecule has 19 heavy (non-hydrogen) atoms. The van der Waals surface area contributed by atoms with Crippen molar-refractivity contribution in [2.75, 3.05) is 13.1 Å². The van der Waals surface area contributed by atoms with Crippen LogP contribution in [0.25, 0.3) is 0 Å². The van der Waals surface area contributed by atoms with Crippen LogP contribution in [0.1, 0.15) is 36.7 Å². The third-order valence-electron chi connectivity index (χ3n) is 3.91. The van der Waals surface area contributed by atoms with E-state index in [4.69, 9.17) is 0 Å². The number of nitrogens with zero attached hydrogens (tertiary/aromatic N) is 3. The number of hydrogen-bond acceptors (Lipinski definition) is 4. The zero-order valence-corrected chi connectivity index (χ0v) is 11.3. The molecule has 0 aliphatic carbocycles. The van der Waals surface area contributed by atoms with Crippen LogP contribution in [-0.2, 0) is 4.79 Å².